The summed E-state index contributed by atoms with van der Waals surface area (Å²) in [5, 5.41) is 14.4. The van der Waals surface area contributed by atoms with Crippen molar-refractivity contribution < 1.29 is 24.2 Å². The fourth-order valence-corrected chi connectivity index (χ4v) is 6.00. The van der Waals surface area contributed by atoms with Crippen LogP contribution in [0, 0.1) is 23.7 Å². The molecule has 6 heteroatoms. The fourth-order valence-electron chi connectivity index (χ4n) is 6.00. The van der Waals surface area contributed by atoms with Crippen LogP contribution in [0.4, 0.5) is 0 Å². The average Bonchev–Trinajstić information content (AvgIpc) is 3.09. The van der Waals surface area contributed by atoms with Crippen molar-refractivity contribution in [2.45, 2.75) is 63.7 Å². The monoisotopic (exact) mass is 477 g/mol. The van der Waals surface area contributed by atoms with Crippen LogP contribution in [0.5, 0.6) is 0 Å². The van der Waals surface area contributed by atoms with Gasteiger partial charge in [-0.05, 0) is 54.7 Å². The lowest BCUT2D eigenvalue weighted by Crippen LogP contribution is -2.61. The van der Waals surface area contributed by atoms with Crippen LogP contribution < -0.4 is 5.32 Å². The molecule has 186 valence electrons. The molecule has 2 N–H and O–H groups in total. The molecule has 1 saturated carbocycles. The quantitative estimate of drug-likeness (QED) is 0.501. The maximum atomic E-state index is 13.7. The van der Waals surface area contributed by atoms with Crippen LogP contribution in [0.3, 0.4) is 0 Å². The summed E-state index contributed by atoms with van der Waals surface area (Å²) in [7, 11) is 0. The van der Waals surface area contributed by atoms with Crippen molar-refractivity contribution in [1.82, 2.24) is 5.32 Å². The van der Waals surface area contributed by atoms with Crippen LogP contribution in [0.25, 0.3) is 0 Å². The SMILES string of the molecule is C=C1[C@@H](O)[C@@H]2C=CC[C@H](C)CCCC(=O)C=CC(=O)O[C@@]23C(=O)N[C@H](Cc2ccccc2)[C@H]3[C@H]1C. The largest absolute Gasteiger partial charge is 0.445 e. The first-order valence-corrected chi connectivity index (χ1v) is 12.6. The number of ether oxygens (including phenoxy) is 1. The van der Waals surface area contributed by atoms with Gasteiger partial charge in [0, 0.05) is 24.5 Å². The summed E-state index contributed by atoms with van der Waals surface area (Å²) in [6.07, 6.45) is 8.39. The first-order chi connectivity index (χ1) is 16.7. The summed E-state index contributed by atoms with van der Waals surface area (Å²) in [6.45, 7) is 8.21. The third-order valence-corrected chi connectivity index (χ3v) is 7.91. The van der Waals surface area contributed by atoms with E-state index in [1.165, 1.54) is 6.08 Å². The van der Waals surface area contributed by atoms with E-state index in [1.54, 1.807) is 0 Å². The smallest absolute Gasteiger partial charge is 0.331 e. The molecule has 1 aromatic rings. The van der Waals surface area contributed by atoms with Gasteiger partial charge < -0.3 is 15.2 Å². The van der Waals surface area contributed by atoms with E-state index >= 15 is 0 Å². The van der Waals surface area contributed by atoms with Crippen LogP contribution in [0.15, 0.2) is 66.8 Å². The minimum absolute atomic E-state index is 0.143. The van der Waals surface area contributed by atoms with E-state index in [1.807, 2.05) is 49.4 Å². The number of carbonyl (C=O) groups is 3. The van der Waals surface area contributed by atoms with Crippen LogP contribution >= 0.6 is 0 Å². The van der Waals surface area contributed by atoms with Crippen molar-refractivity contribution >= 4 is 17.7 Å². The minimum Gasteiger partial charge on any atom is -0.445 e. The van der Waals surface area contributed by atoms with Gasteiger partial charge in [-0.15, -0.1) is 0 Å². The number of amides is 1. The minimum atomic E-state index is -1.60. The highest BCUT2D eigenvalue weighted by Crippen LogP contribution is 2.52. The molecule has 0 aromatic heterocycles. The lowest BCUT2D eigenvalue weighted by Gasteiger charge is -2.49. The molecule has 0 radical (unpaired) electrons. The maximum absolute atomic E-state index is 13.7. The summed E-state index contributed by atoms with van der Waals surface area (Å²) >= 11 is 0. The molecule has 0 unspecified atom stereocenters. The number of carbonyl (C=O) groups excluding carboxylic acids is 3. The Hall–Kier alpha value is -2.99. The second-order valence-electron chi connectivity index (χ2n) is 10.3. The molecule has 3 aliphatic rings. The number of hydrogen-bond acceptors (Lipinski definition) is 5. The van der Waals surface area contributed by atoms with Crippen LogP contribution in [-0.2, 0) is 25.5 Å². The van der Waals surface area contributed by atoms with Crippen molar-refractivity contribution in [3.63, 3.8) is 0 Å². The molecule has 1 aliphatic carbocycles. The summed E-state index contributed by atoms with van der Waals surface area (Å²) < 4.78 is 6.01. The normalized spacial score (nSPS) is 36.1. The van der Waals surface area contributed by atoms with E-state index in [4.69, 9.17) is 4.74 Å². The first-order valence-electron chi connectivity index (χ1n) is 12.6. The Morgan fingerprint density at radius 1 is 1.14 bits per heavy atom. The fraction of sp³-hybridized carbons (Fsp3) is 0.483. The number of rotatable bonds is 2. The Morgan fingerprint density at radius 2 is 1.89 bits per heavy atom. The number of allylic oxidation sites excluding steroid dienone is 2. The first kappa shape index (κ1) is 25.1. The molecule has 35 heavy (non-hydrogen) atoms. The molecule has 1 spiro atoms. The summed E-state index contributed by atoms with van der Waals surface area (Å²) in [4.78, 5) is 38.9. The zero-order chi connectivity index (χ0) is 25.2. The highest BCUT2D eigenvalue weighted by Gasteiger charge is 2.67. The van der Waals surface area contributed by atoms with E-state index in [0.29, 0.717) is 24.3 Å². The third kappa shape index (κ3) is 4.90. The van der Waals surface area contributed by atoms with E-state index in [0.717, 1.165) is 30.9 Å². The van der Waals surface area contributed by atoms with Gasteiger partial charge in [0.2, 0.25) is 5.60 Å². The Morgan fingerprint density at radius 3 is 2.63 bits per heavy atom. The molecule has 4 rings (SSSR count). The number of esters is 1. The van der Waals surface area contributed by atoms with E-state index in [2.05, 4.69) is 18.8 Å². The van der Waals surface area contributed by atoms with E-state index < -0.39 is 35.4 Å². The molecular weight excluding hydrogens is 442 g/mol. The van der Waals surface area contributed by atoms with Gasteiger partial charge in [0.1, 0.15) is 0 Å². The Balaban J connectivity index is 1.79. The van der Waals surface area contributed by atoms with Gasteiger partial charge >= 0.3 is 5.97 Å². The lowest BCUT2D eigenvalue weighted by atomic mass is 9.59. The van der Waals surface area contributed by atoms with Crippen LogP contribution in [0.2, 0.25) is 0 Å². The second kappa shape index (κ2) is 10.3. The second-order valence-corrected chi connectivity index (χ2v) is 10.3. The molecule has 7 atom stereocenters. The predicted octanol–water partition coefficient (Wildman–Crippen LogP) is 3.70. The average molecular weight is 478 g/mol. The number of aliphatic hydroxyl groups excluding tert-OH is 1. The molecule has 1 aromatic carbocycles. The third-order valence-electron chi connectivity index (χ3n) is 7.91. The van der Waals surface area contributed by atoms with Crippen molar-refractivity contribution in [2.75, 3.05) is 0 Å². The van der Waals surface area contributed by atoms with Gasteiger partial charge in [0.15, 0.2) is 5.78 Å². The number of nitrogens with one attached hydrogen (secondary N) is 1. The van der Waals surface area contributed by atoms with Crippen molar-refractivity contribution in [2.24, 2.45) is 23.7 Å². The Labute approximate surface area is 207 Å². The van der Waals surface area contributed by atoms with E-state index in [-0.39, 0.29) is 17.7 Å². The highest BCUT2D eigenvalue weighted by atomic mass is 16.6. The molecule has 2 aliphatic heterocycles. The van der Waals surface area contributed by atoms with Crippen molar-refractivity contribution in [1.29, 1.82) is 0 Å². The van der Waals surface area contributed by atoms with Gasteiger partial charge in [-0.25, -0.2) is 4.79 Å². The Kier molecular flexibility index (Phi) is 7.41. The van der Waals surface area contributed by atoms with Gasteiger partial charge in [0.25, 0.3) is 5.91 Å². The van der Waals surface area contributed by atoms with Crippen molar-refractivity contribution in [3.8, 4) is 0 Å². The summed E-state index contributed by atoms with van der Waals surface area (Å²) in [5.74, 6) is -2.46. The zero-order valence-electron chi connectivity index (χ0n) is 20.5. The molecule has 1 saturated heterocycles. The number of hydrogen-bond donors (Lipinski definition) is 2. The molecular formula is C29H35NO5. The van der Waals surface area contributed by atoms with Crippen molar-refractivity contribution in [3.05, 3.63) is 72.4 Å². The van der Waals surface area contributed by atoms with Crippen LogP contribution in [-0.4, -0.2) is 40.5 Å². The predicted molar refractivity (Wildman–Crippen MR) is 133 cm³/mol. The summed E-state index contributed by atoms with van der Waals surface area (Å²) in [6, 6.07) is 9.53. The van der Waals surface area contributed by atoms with E-state index in [9.17, 15) is 19.5 Å². The highest BCUT2D eigenvalue weighted by molar-refractivity contribution is 5.98. The van der Waals surface area contributed by atoms with Gasteiger partial charge in [-0.2, -0.15) is 0 Å². The van der Waals surface area contributed by atoms with Crippen LogP contribution in [0.1, 0.15) is 45.1 Å². The maximum Gasteiger partial charge on any atom is 0.331 e. The molecule has 1 amide bonds. The summed E-state index contributed by atoms with van der Waals surface area (Å²) in [5.41, 5.74) is 0.0801. The van der Waals surface area contributed by atoms with Gasteiger partial charge in [-0.1, -0.05) is 62.9 Å². The van der Waals surface area contributed by atoms with Gasteiger partial charge in [0.05, 0.1) is 12.0 Å². The number of ketones is 1. The molecule has 2 fully saturated rings. The van der Waals surface area contributed by atoms with Gasteiger partial charge in [-0.3, -0.25) is 9.59 Å². The topological polar surface area (TPSA) is 92.7 Å². The lowest BCUT2D eigenvalue weighted by molar-refractivity contribution is -0.182. The number of benzene rings is 1. The standard InChI is InChI=1S/C29H35NO5/c1-18-9-7-13-22(31)15-16-25(32)35-29-23(14-8-10-18)27(33)20(3)19(2)26(29)24(30-28(29)34)17-21-11-5-4-6-12-21/h4-6,8,11-12,14-16,18-19,23-24,26-27,33H,3,7,9-10,13,17H2,1-2H3,(H,30,34)/t18-,19+,23+,24-,26-,27-,29+/m1/s1. The molecule has 2 heterocycles. The number of aliphatic hydroxyl groups is 1. The zero-order valence-corrected chi connectivity index (χ0v) is 20.5. The Bertz CT molecular complexity index is 1040. The molecule has 0 bridgehead atoms. The molecule has 6 nitrogen and oxygen atoms in total.